The molecule has 1 amide bonds. The van der Waals surface area contributed by atoms with Crippen LogP contribution in [0.1, 0.15) is 20.3 Å². The van der Waals surface area contributed by atoms with Crippen LogP contribution in [0.5, 0.6) is 0 Å². The summed E-state index contributed by atoms with van der Waals surface area (Å²) in [7, 11) is 0. The molecule has 5 nitrogen and oxygen atoms in total. The molecule has 1 heterocycles. The number of hydrogen-bond acceptors (Lipinski definition) is 4. The van der Waals surface area contributed by atoms with Gasteiger partial charge in [0.15, 0.2) is 0 Å². The SMILES string of the molecule is CCC(O)CNC(=O)COC1(C)CNC1. The zero-order valence-corrected chi connectivity index (χ0v) is 9.38. The first kappa shape index (κ1) is 12.4. The molecule has 1 atom stereocenters. The van der Waals surface area contributed by atoms with Crippen LogP contribution >= 0.6 is 0 Å². The fraction of sp³-hybridized carbons (Fsp3) is 0.900. The highest BCUT2D eigenvalue weighted by Gasteiger charge is 2.32. The first-order valence-electron chi connectivity index (χ1n) is 5.35. The van der Waals surface area contributed by atoms with E-state index in [2.05, 4.69) is 10.6 Å². The third-order valence-electron chi connectivity index (χ3n) is 2.56. The third kappa shape index (κ3) is 4.15. The van der Waals surface area contributed by atoms with Crippen molar-refractivity contribution in [2.24, 2.45) is 0 Å². The van der Waals surface area contributed by atoms with Crippen LogP contribution in [-0.4, -0.2) is 49.0 Å². The first-order valence-corrected chi connectivity index (χ1v) is 5.35. The molecule has 1 aliphatic rings. The summed E-state index contributed by atoms with van der Waals surface area (Å²) >= 11 is 0. The smallest absolute Gasteiger partial charge is 0.246 e. The van der Waals surface area contributed by atoms with Crippen LogP contribution in [0.2, 0.25) is 0 Å². The molecule has 1 fully saturated rings. The lowest BCUT2D eigenvalue weighted by molar-refractivity contribution is -0.136. The standard InChI is InChI=1S/C10H20N2O3/c1-3-8(13)4-12-9(14)5-15-10(2)6-11-7-10/h8,11,13H,3-7H2,1-2H3,(H,12,14). The Morgan fingerprint density at radius 3 is 2.80 bits per heavy atom. The number of aliphatic hydroxyl groups excluding tert-OH is 1. The van der Waals surface area contributed by atoms with Crippen molar-refractivity contribution >= 4 is 5.91 Å². The molecule has 1 rings (SSSR count). The van der Waals surface area contributed by atoms with Crippen LogP contribution in [0.3, 0.4) is 0 Å². The van der Waals surface area contributed by atoms with E-state index in [0.717, 1.165) is 13.1 Å². The maximum atomic E-state index is 11.3. The third-order valence-corrected chi connectivity index (χ3v) is 2.56. The van der Waals surface area contributed by atoms with Gasteiger partial charge in [-0.05, 0) is 13.3 Å². The van der Waals surface area contributed by atoms with E-state index in [1.54, 1.807) is 0 Å². The predicted octanol–water partition coefficient (Wildman–Crippen LogP) is -0.748. The van der Waals surface area contributed by atoms with Gasteiger partial charge in [0.25, 0.3) is 0 Å². The highest BCUT2D eigenvalue weighted by Crippen LogP contribution is 2.14. The number of hydrogen-bond donors (Lipinski definition) is 3. The molecule has 0 bridgehead atoms. The molecule has 1 aliphatic heterocycles. The van der Waals surface area contributed by atoms with Gasteiger partial charge in [0.05, 0.1) is 11.7 Å². The zero-order chi connectivity index (χ0) is 11.3. The Bertz CT molecular complexity index is 217. The highest BCUT2D eigenvalue weighted by molar-refractivity contribution is 5.77. The number of carbonyl (C=O) groups is 1. The van der Waals surface area contributed by atoms with E-state index >= 15 is 0 Å². The minimum atomic E-state index is -0.463. The van der Waals surface area contributed by atoms with Gasteiger partial charge in [-0.15, -0.1) is 0 Å². The second-order valence-electron chi connectivity index (χ2n) is 4.21. The molecule has 0 spiro atoms. The van der Waals surface area contributed by atoms with E-state index in [9.17, 15) is 9.90 Å². The van der Waals surface area contributed by atoms with Crippen LogP contribution < -0.4 is 10.6 Å². The maximum Gasteiger partial charge on any atom is 0.246 e. The molecule has 0 aromatic heterocycles. The summed E-state index contributed by atoms with van der Waals surface area (Å²) in [6.07, 6.45) is 0.179. The van der Waals surface area contributed by atoms with E-state index in [4.69, 9.17) is 4.74 Å². The molecule has 88 valence electrons. The van der Waals surface area contributed by atoms with Crippen molar-refractivity contribution in [3.63, 3.8) is 0 Å². The molecule has 1 unspecified atom stereocenters. The molecular weight excluding hydrogens is 196 g/mol. The Hall–Kier alpha value is -0.650. The maximum absolute atomic E-state index is 11.3. The molecular formula is C10H20N2O3. The average molecular weight is 216 g/mol. The Kier molecular flexibility index (Phi) is 4.50. The van der Waals surface area contributed by atoms with Crippen LogP contribution in [-0.2, 0) is 9.53 Å². The number of rotatable bonds is 6. The lowest BCUT2D eigenvalue weighted by atomic mass is 10.0. The molecule has 3 N–H and O–H groups in total. The van der Waals surface area contributed by atoms with E-state index < -0.39 is 6.10 Å². The summed E-state index contributed by atoms with van der Waals surface area (Å²) in [5.74, 6) is -0.171. The van der Waals surface area contributed by atoms with Gasteiger partial charge in [-0.1, -0.05) is 6.92 Å². The molecule has 1 saturated heterocycles. The molecule has 15 heavy (non-hydrogen) atoms. The Morgan fingerprint density at radius 2 is 2.33 bits per heavy atom. The van der Waals surface area contributed by atoms with E-state index in [0.29, 0.717) is 13.0 Å². The summed E-state index contributed by atoms with van der Waals surface area (Å²) in [5, 5.41) is 14.9. The van der Waals surface area contributed by atoms with Crippen LogP contribution in [0, 0.1) is 0 Å². The number of ether oxygens (including phenoxy) is 1. The van der Waals surface area contributed by atoms with E-state index in [-0.39, 0.29) is 18.1 Å². The number of aliphatic hydroxyl groups is 1. The molecule has 0 radical (unpaired) electrons. The van der Waals surface area contributed by atoms with Gasteiger partial charge in [0.2, 0.25) is 5.91 Å². The van der Waals surface area contributed by atoms with Crippen LogP contribution in [0.4, 0.5) is 0 Å². The topological polar surface area (TPSA) is 70.6 Å². The number of nitrogens with one attached hydrogen (secondary N) is 2. The Morgan fingerprint density at radius 1 is 1.67 bits per heavy atom. The van der Waals surface area contributed by atoms with Crippen molar-refractivity contribution in [1.82, 2.24) is 10.6 Å². The predicted molar refractivity (Wildman–Crippen MR) is 56.5 cm³/mol. The summed E-state index contributed by atoms with van der Waals surface area (Å²) in [5.41, 5.74) is -0.194. The van der Waals surface area contributed by atoms with Gasteiger partial charge in [-0.25, -0.2) is 0 Å². The lowest BCUT2D eigenvalue weighted by Crippen LogP contribution is -2.59. The van der Waals surface area contributed by atoms with Gasteiger partial charge in [0.1, 0.15) is 6.61 Å². The molecule has 5 heteroatoms. The van der Waals surface area contributed by atoms with Gasteiger partial charge >= 0.3 is 0 Å². The first-order chi connectivity index (χ1) is 7.06. The quantitative estimate of drug-likeness (QED) is 0.546. The fourth-order valence-corrected chi connectivity index (χ4v) is 1.25. The Labute approximate surface area is 90.2 Å². The summed E-state index contributed by atoms with van der Waals surface area (Å²) in [4.78, 5) is 11.3. The highest BCUT2D eigenvalue weighted by atomic mass is 16.5. The van der Waals surface area contributed by atoms with Gasteiger partial charge < -0.3 is 20.5 Å². The largest absolute Gasteiger partial charge is 0.391 e. The van der Waals surface area contributed by atoms with Crippen LogP contribution in [0.15, 0.2) is 0 Å². The second kappa shape index (κ2) is 5.44. The van der Waals surface area contributed by atoms with Crippen molar-refractivity contribution in [2.45, 2.75) is 32.0 Å². The van der Waals surface area contributed by atoms with Crippen LogP contribution in [0.25, 0.3) is 0 Å². The monoisotopic (exact) mass is 216 g/mol. The number of amides is 1. The van der Waals surface area contributed by atoms with Gasteiger partial charge in [-0.2, -0.15) is 0 Å². The normalized spacial score (nSPS) is 20.5. The Balaban J connectivity index is 2.08. The summed E-state index contributed by atoms with van der Waals surface area (Å²) in [6.45, 7) is 5.78. The van der Waals surface area contributed by atoms with Crippen molar-refractivity contribution in [2.75, 3.05) is 26.2 Å². The van der Waals surface area contributed by atoms with Crippen molar-refractivity contribution in [1.29, 1.82) is 0 Å². The molecule has 0 aromatic carbocycles. The second-order valence-corrected chi connectivity index (χ2v) is 4.21. The van der Waals surface area contributed by atoms with Gasteiger partial charge in [0, 0.05) is 19.6 Å². The van der Waals surface area contributed by atoms with Crippen molar-refractivity contribution in [3.05, 3.63) is 0 Å². The molecule has 0 aromatic rings. The van der Waals surface area contributed by atoms with Crippen molar-refractivity contribution < 1.29 is 14.6 Å². The minimum Gasteiger partial charge on any atom is -0.391 e. The van der Waals surface area contributed by atoms with E-state index in [1.807, 2.05) is 13.8 Å². The van der Waals surface area contributed by atoms with Crippen molar-refractivity contribution in [3.8, 4) is 0 Å². The summed E-state index contributed by atoms with van der Waals surface area (Å²) in [6, 6.07) is 0. The van der Waals surface area contributed by atoms with E-state index in [1.165, 1.54) is 0 Å². The van der Waals surface area contributed by atoms with Gasteiger partial charge in [-0.3, -0.25) is 4.79 Å². The lowest BCUT2D eigenvalue weighted by Gasteiger charge is -2.38. The zero-order valence-electron chi connectivity index (χ0n) is 9.38. The number of carbonyl (C=O) groups excluding carboxylic acids is 1. The molecule has 0 aliphatic carbocycles. The summed E-state index contributed by atoms with van der Waals surface area (Å²) < 4.78 is 5.44. The minimum absolute atomic E-state index is 0.0641. The fourth-order valence-electron chi connectivity index (χ4n) is 1.25. The molecule has 0 saturated carbocycles. The average Bonchev–Trinajstić information content (AvgIpc) is 2.20.